The molecule has 0 unspecified atom stereocenters. The first-order valence-corrected chi connectivity index (χ1v) is 6.65. The van der Waals surface area contributed by atoms with Gasteiger partial charge < -0.3 is 9.64 Å². The van der Waals surface area contributed by atoms with Crippen LogP contribution in [0, 0.1) is 0 Å². The highest BCUT2D eigenvalue weighted by atomic mass is 35.5. The van der Waals surface area contributed by atoms with Gasteiger partial charge in [-0.1, -0.05) is 6.92 Å². The first-order valence-electron chi connectivity index (χ1n) is 6.11. The van der Waals surface area contributed by atoms with Crippen LogP contribution in [0.5, 0.6) is 5.75 Å². The Kier molecular flexibility index (Phi) is 6.12. The van der Waals surface area contributed by atoms with Crippen molar-refractivity contribution in [1.82, 2.24) is 4.98 Å². The van der Waals surface area contributed by atoms with Gasteiger partial charge in [0, 0.05) is 25.2 Å². The van der Waals surface area contributed by atoms with Crippen LogP contribution in [0.25, 0.3) is 0 Å². The summed E-state index contributed by atoms with van der Waals surface area (Å²) in [6, 6.07) is 3.85. The minimum absolute atomic E-state index is 0.150. The van der Waals surface area contributed by atoms with Crippen LogP contribution in [0.4, 0.5) is 5.82 Å². The number of alkyl halides is 1. The molecule has 17 heavy (non-hydrogen) atoms. The first-order chi connectivity index (χ1) is 8.19. The van der Waals surface area contributed by atoms with Gasteiger partial charge in [-0.05, 0) is 32.4 Å². The van der Waals surface area contributed by atoms with Gasteiger partial charge in [0.15, 0.2) is 11.6 Å². The highest BCUT2D eigenvalue weighted by Crippen LogP contribution is 2.26. The fourth-order valence-corrected chi connectivity index (χ4v) is 1.87. The van der Waals surface area contributed by atoms with Gasteiger partial charge in [0.05, 0.1) is 6.10 Å². The van der Waals surface area contributed by atoms with Gasteiger partial charge in [-0.25, -0.2) is 4.98 Å². The molecular formula is C13H21ClN2O. The molecule has 0 amide bonds. The van der Waals surface area contributed by atoms with E-state index in [1.54, 1.807) is 6.20 Å². The Morgan fingerprint density at radius 3 is 2.76 bits per heavy atom. The van der Waals surface area contributed by atoms with Crippen molar-refractivity contribution < 1.29 is 4.74 Å². The maximum atomic E-state index is 5.83. The van der Waals surface area contributed by atoms with Gasteiger partial charge >= 0.3 is 0 Å². The third-order valence-corrected chi connectivity index (χ3v) is 2.43. The van der Waals surface area contributed by atoms with E-state index in [9.17, 15) is 0 Å². The molecule has 1 aromatic rings. The van der Waals surface area contributed by atoms with Gasteiger partial charge in [-0.2, -0.15) is 0 Å². The summed E-state index contributed by atoms with van der Waals surface area (Å²) in [5, 5.41) is 0. The number of halogens is 1. The normalized spacial score (nSPS) is 10.6. The average molecular weight is 257 g/mol. The lowest BCUT2D eigenvalue weighted by Crippen LogP contribution is -2.28. The standard InChI is InChI=1S/C13H21ClN2O/c1-4-9-16(10-7-14)13-12(17-11(2)3)6-5-8-15-13/h5-6,8,11H,4,7,9-10H2,1-3H3. The summed E-state index contributed by atoms with van der Waals surface area (Å²) in [6.07, 6.45) is 3.01. The van der Waals surface area contributed by atoms with E-state index in [0.717, 1.165) is 31.1 Å². The molecule has 0 fully saturated rings. The van der Waals surface area contributed by atoms with E-state index in [1.807, 2.05) is 26.0 Å². The van der Waals surface area contributed by atoms with Crippen molar-refractivity contribution in [3.63, 3.8) is 0 Å². The molecule has 0 saturated heterocycles. The smallest absolute Gasteiger partial charge is 0.171 e. The molecule has 0 bridgehead atoms. The van der Waals surface area contributed by atoms with Crippen molar-refractivity contribution in [2.24, 2.45) is 0 Å². The molecule has 1 heterocycles. The Hall–Kier alpha value is -0.960. The van der Waals surface area contributed by atoms with E-state index >= 15 is 0 Å². The van der Waals surface area contributed by atoms with Crippen molar-refractivity contribution in [2.75, 3.05) is 23.9 Å². The molecule has 3 nitrogen and oxygen atoms in total. The predicted molar refractivity (Wildman–Crippen MR) is 73.2 cm³/mol. The average Bonchev–Trinajstić information content (AvgIpc) is 2.29. The zero-order chi connectivity index (χ0) is 12.7. The van der Waals surface area contributed by atoms with Crippen LogP contribution in [0.15, 0.2) is 18.3 Å². The lowest BCUT2D eigenvalue weighted by molar-refractivity contribution is 0.242. The molecule has 1 rings (SSSR count). The molecule has 0 radical (unpaired) electrons. The van der Waals surface area contributed by atoms with Crippen LogP contribution in [-0.4, -0.2) is 30.1 Å². The maximum Gasteiger partial charge on any atom is 0.171 e. The minimum Gasteiger partial charge on any atom is -0.487 e. The summed E-state index contributed by atoms with van der Waals surface area (Å²) in [4.78, 5) is 6.58. The Bertz CT molecular complexity index is 325. The fraction of sp³-hybridized carbons (Fsp3) is 0.615. The largest absolute Gasteiger partial charge is 0.487 e. The summed E-state index contributed by atoms with van der Waals surface area (Å²) in [5.74, 6) is 2.32. The van der Waals surface area contributed by atoms with Crippen molar-refractivity contribution in [3.05, 3.63) is 18.3 Å². The molecule has 0 aromatic carbocycles. The molecule has 1 aromatic heterocycles. The highest BCUT2D eigenvalue weighted by Gasteiger charge is 2.13. The van der Waals surface area contributed by atoms with E-state index in [2.05, 4.69) is 16.8 Å². The molecule has 0 N–H and O–H groups in total. The molecule has 0 spiro atoms. The number of nitrogens with zero attached hydrogens (tertiary/aromatic N) is 2. The summed E-state index contributed by atoms with van der Waals surface area (Å²) in [6.45, 7) is 7.91. The zero-order valence-electron chi connectivity index (χ0n) is 10.8. The SMILES string of the molecule is CCCN(CCCl)c1ncccc1OC(C)C. The second-order valence-electron chi connectivity index (χ2n) is 4.17. The number of ether oxygens (including phenoxy) is 1. The molecular weight excluding hydrogens is 236 g/mol. The molecule has 96 valence electrons. The monoisotopic (exact) mass is 256 g/mol. The van der Waals surface area contributed by atoms with E-state index in [-0.39, 0.29) is 6.10 Å². The van der Waals surface area contributed by atoms with Crippen LogP contribution in [0.1, 0.15) is 27.2 Å². The van der Waals surface area contributed by atoms with Crippen molar-refractivity contribution in [3.8, 4) is 5.75 Å². The Labute approximate surface area is 109 Å². The van der Waals surface area contributed by atoms with Crippen LogP contribution in [0.2, 0.25) is 0 Å². The summed E-state index contributed by atoms with van der Waals surface area (Å²) in [5.41, 5.74) is 0. The van der Waals surface area contributed by atoms with Crippen LogP contribution < -0.4 is 9.64 Å². The predicted octanol–water partition coefficient (Wildman–Crippen LogP) is 3.32. The molecule has 0 saturated carbocycles. The number of rotatable bonds is 7. The third kappa shape index (κ3) is 4.43. The maximum absolute atomic E-state index is 5.83. The van der Waals surface area contributed by atoms with Gasteiger partial charge in [0.1, 0.15) is 0 Å². The van der Waals surface area contributed by atoms with E-state index < -0.39 is 0 Å². The number of hydrogen-bond acceptors (Lipinski definition) is 3. The van der Waals surface area contributed by atoms with Crippen molar-refractivity contribution in [1.29, 1.82) is 0 Å². The van der Waals surface area contributed by atoms with Crippen molar-refractivity contribution >= 4 is 17.4 Å². The number of anilines is 1. The Morgan fingerprint density at radius 2 is 2.18 bits per heavy atom. The summed E-state index contributed by atoms with van der Waals surface area (Å²) < 4.78 is 5.77. The zero-order valence-corrected chi connectivity index (χ0v) is 11.6. The minimum atomic E-state index is 0.150. The number of aromatic nitrogens is 1. The molecule has 4 heteroatoms. The quantitative estimate of drug-likeness (QED) is 0.700. The van der Waals surface area contributed by atoms with Crippen LogP contribution in [0.3, 0.4) is 0 Å². The van der Waals surface area contributed by atoms with Crippen LogP contribution >= 0.6 is 11.6 Å². The van der Waals surface area contributed by atoms with Gasteiger partial charge in [0.2, 0.25) is 0 Å². The summed E-state index contributed by atoms with van der Waals surface area (Å²) >= 11 is 5.83. The van der Waals surface area contributed by atoms with Gasteiger partial charge in [-0.3, -0.25) is 0 Å². The second-order valence-corrected chi connectivity index (χ2v) is 4.55. The molecule has 0 aliphatic heterocycles. The number of pyridine rings is 1. The Balaban J connectivity index is 2.91. The van der Waals surface area contributed by atoms with E-state index in [1.165, 1.54) is 0 Å². The Morgan fingerprint density at radius 1 is 1.41 bits per heavy atom. The van der Waals surface area contributed by atoms with E-state index in [4.69, 9.17) is 16.3 Å². The first kappa shape index (κ1) is 14.1. The topological polar surface area (TPSA) is 25.4 Å². The molecule has 0 aliphatic carbocycles. The lowest BCUT2D eigenvalue weighted by Gasteiger charge is -2.25. The van der Waals surface area contributed by atoms with Crippen LogP contribution in [-0.2, 0) is 0 Å². The lowest BCUT2D eigenvalue weighted by atomic mass is 10.3. The molecule has 0 aliphatic rings. The third-order valence-electron chi connectivity index (χ3n) is 2.26. The van der Waals surface area contributed by atoms with Gasteiger partial charge in [0.25, 0.3) is 0 Å². The molecule has 0 atom stereocenters. The summed E-state index contributed by atoms with van der Waals surface area (Å²) in [7, 11) is 0. The fourth-order valence-electron chi connectivity index (χ4n) is 1.66. The second kappa shape index (κ2) is 7.38. The van der Waals surface area contributed by atoms with Gasteiger partial charge in [-0.15, -0.1) is 11.6 Å². The van der Waals surface area contributed by atoms with Crippen molar-refractivity contribution in [2.45, 2.75) is 33.3 Å². The highest BCUT2D eigenvalue weighted by molar-refractivity contribution is 6.18. The van der Waals surface area contributed by atoms with E-state index in [0.29, 0.717) is 5.88 Å². The number of hydrogen-bond donors (Lipinski definition) is 0.